The molecule has 1 aromatic carbocycles. The summed E-state index contributed by atoms with van der Waals surface area (Å²) in [5, 5.41) is 0. The summed E-state index contributed by atoms with van der Waals surface area (Å²) in [6, 6.07) is 6.08. The molecule has 0 radical (unpaired) electrons. The first-order valence-corrected chi connectivity index (χ1v) is 9.03. The van der Waals surface area contributed by atoms with E-state index in [1.807, 2.05) is 0 Å². The number of nitrogens with one attached hydrogen (secondary N) is 1. The Morgan fingerprint density at radius 1 is 1.32 bits per heavy atom. The number of hydrogen-bond donors (Lipinski definition) is 2. The van der Waals surface area contributed by atoms with E-state index in [4.69, 9.17) is 5.73 Å². The largest absolute Gasteiger partial charge is 0.398 e. The molecule has 0 saturated carbocycles. The minimum Gasteiger partial charge on any atom is -0.398 e. The Labute approximate surface area is 113 Å². The molecule has 1 heterocycles. The van der Waals surface area contributed by atoms with Gasteiger partial charge in [-0.2, -0.15) is 0 Å². The molecular weight excluding hydrogens is 288 g/mol. The molecule has 1 fully saturated rings. The van der Waals surface area contributed by atoms with Crippen molar-refractivity contribution in [3.8, 4) is 0 Å². The lowest BCUT2D eigenvalue weighted by molar-refractivity contribution is 0.462. The molecule has 0 aliphatic carbocycles. The highest BCUT2D eigenvalue weighted by Crippen LogP contribution is 2.26. The van der Waals surface area contributed by atoms with E-state index < -0.39 is 25.4 Å². The van der Waals surface area contributed by atoms with Crippen LogP contribution in [0.5, 0.6) is 0 Å². The third-order valence-electron chi connectivity index (χ3n) is 3.09. The molecule has 106 valence electrons. The Hall–Kier alpha value is -1.12. The number of nitrogens with two attached hydrogens (primary N) is 1. The zero-order chi connectivity index (χ0) is 14.3. The summed E-state index contributed by atoms with van der Waals surface area (Å²) in [4.78, 5) is -0.0273. The molecule has 0 bridgehead atoms. The van der Waals surface area contributed by atoms with Crippen molar-refractivity contribution in [2.75, 3.05) is 17.2 Å². The van der Waals surface area contributed by atoms with Crippen molar-refractivity contribution in [1.29, 1.82) is 0 Å². The van der Waals surface area contributed by atoms with E-state index in [1.54, 1.807) is 19.1 Å². The molecular formula is C11H16N2O4S2. The second kappa shape index (κ2) is 4.46. The van der Waals surface area contributed by atoms with Crippen LogP contribution in [-0.2, 0) is 19.9 Å². The van der Waals surface area contributed by atoms with Crippen molar-refractivity contribution in [2.24, 2.45) is 0 Å². The maximum absolute atomic E-state index is 12.2. The van der Waals surface area contributed by atoms with E-state index in [0.717, 1.165) is 0 Å². The summed E-state index contributed by atoms with van der Waals surface area (Å²) in [5.41, 5.74) is 4.81. The van der Waals surface area contributed by atoms with Gasteiger partial charge in [0.1, 0.15) is 4.90 Å². The second-order valence-corrected chi connectivity index (χ2v) is 8.88. The van der Waals surface area contributed by atoms with E-state index in [1.165, 1.54) is 12.1 Å². The normalized spacial score (nSPS) is 26.4. The lowest BCUT2D eigenvalue weighted by atomic mass is 10.0. The van der Waals surface area contributed by atoms with Gasteiger partial charge in [0.25, 0.3) is 0 Å². The van der Waals surface area contributed by atoms with Gasteiger partial charge in [0, 0.05) is 5.54 Å². The highest BCUT2D eigenvalue weighted by Gasteiger charge is 2.41. The summed E-state index contributed by atoms with van der Waals surface area (Å²) in [5.74, 6) is -0.192. The van der Waals surface area contributed by atoms with Crippen molar-refractivity contribution >= 4 is 25.5 Å². The van der Waals surface area contributed by atoms with Gasteiger partial charge in [-0.05, 0) is 25.5 Å². The van der Waals surface area contributed by atoms with Crippen molar-refractivity contribution in [3.05, 3.63) is 24.3 Å². The lowest BCUT2D eigenvalue weighted by Crippen LogP contribution is -2.46. The molecule has 0 amide bonds. The van der Waals surface area contributed by atoms with Gasteiger partial charge in [0.2, 0.25) is 10.0 Å². The fourth-order valence-electron chi connectivity index (χ4n) is 2.20. The molecule has 1 atom stereocenters. The first-order valence-electron chi connectivity index (χ1n) is 5.73. The van der Waals surface area contributed by atoms with Crippen LogP contribution < -0.4 is 10.5 Å². The van der Waals surface area contributed by atoms with Crippen molar-refractivity contribution in [3.63, 3.8) is 0 Å². The summed E-state index contributed by atoms with van der Waals surface area (Å²) >= 11 is 0. The van der Waals surface area contributed by atoms with Crippen LogP contribution >= 0.6 is 0 Å². The Bertz CT molecular complexity index is 697. The van der Waals surface area contributed by atoms with E-state index in [2.05, 4.69) is 4.72 Å². The third kappa shape index (κ3) is 3.07. The number of sulfonamides is 1. The van der Waals surface area contributed by atoms with Gasteiger partial charge in [-0.15, -0.1) is 0 Å². The topological polar surface area (TPSA) is 106 Å². The van der Waals surface area contributed by atoms with Crippen molar-refractivity contribution < 1.29 is 16.8 Å². The number of sulfone groups is 1. The Balaban J connectivity index is 2.31. The van der Waals surface area contributed by atoms with Crippen LogP contribution in [0, 0.1) is 0 Å². The molecule has 3 N–H and O–H groups in total. The molecule has 1 aromatic rings. The zero-order valence-electron chi connectivity index (χ0n) is 10.5. The van der Waals surface area contributed by atoms with Gasteiger partial charge < -0.3 is 5.73 Å². The molecule has 1 saturated heterocycles. The summed E-state index contributed by atoms with van der Waals surface area (Å²) in [7, 11) is -7.00. The molecule has 8 heteroatoms. The van der Waals surface area contributed by atoms with Crippen LogP contribution in [0.25, 0.3) is 0 Å². The van der Waals surface area contributed by atoms with Gasteiger partial charge in [-0.3, -0.25) is 0 Å². The highest BCUT2D eigenvalue weighted by molar-refractivity contribution is 7.92. The SMILES string of the molecule is CC1(NS(=O)(=O)c2ccccc2N)CCS(=O)(=O)C1. The number of hydrogen-bond acceptors (Lipinski definition) is 5. The predicted octanol–water partition coefficient (Wildman–Crippen LogP) is 0.124. The smallest absolute Gasteiger partial charge is 0.243 e. The van der Waals surface area contributed by atoms with Gasteiger partial charge in [0.05, 0.1) is 17.2 Å². The molecule has 1 aliphatic heterocycles. The van der Waals surface area contributed by atoms with Gasteiger partial charge >= 0.3 is 0 Å². The van der Waals surface area contributed by atoms with E-state index in [9.17, 15) is 16.8 Å². The van der Waals surface area contributed by atoms with Crippen LogP contribution in [0.3, 0.4) is 0 Å². The van der Waals surface area contributed by atoms with E-state index in [0.29, 0.717) is 0 Å². The van der Waals surface area contributed by atoms with Gasteiger partial charge in [-0.1, -0.05) is 12.1 Å². The number of anilines is 1. The molecule has 1 aliphatic rings. The van der Waals surface area contributed by atoms with E-state index in [-0.39, 0.29) is 28.5 Å². The second-order valence-electron chi connectivity index (χ2n) is 5.05. The number of benzene rings is 1. The first kappa shape index (κ1) is 14.3. The summed E-state index contributed by atoms with van der Waals surface area (Å²) < 4.78 is 49.9. The molecule has 19 heavy (non-hydrogen) atoms. The van der Waals surface area contributed by atoms with E-state index >= 15 is 0 Å². The Morgan fingerprint density at radius 2 is 1.95 bits per heavy atom. The first-order chi connectivity index (χ1) is 8.64. The monoisotopic (exact) mass is 304 g/mol. The molecule has 6 nitrogen and oxygen atoms in total. The predicted molar refractivity (Wildman–Crippen MR) is 72.9 cm³/mol. The summed E-state index contributed by atoms with van der Waals surface area (Å²) in [6.07, 6.45) is 0.265. The van der Waals surface area contributed by atoms with Crippen molar-refractivity contribution in [1.82, 2.24) is 4.72 Å². The average Bonchev–Trinajstić information content (AvgIpc) is 2.52. The van der Waals surface area contributed by atoms with Crippen LogP contribution in [0.15, 0.2) is 29.2 Å². The number of para-hydroxylation sites is 1. The average molecular weight is 304 g/mol. The fourth-order valence-corrected chi connectivity index (χ4v) is 5.95. The number of rotatable bonds is 3. The number of nitrogen functional groups attached to an aromatic ring is 1. The maximum atomic E-state index is 12.2. The van der Waals surface area contributed by atoms with Crippen LogP contribution in [0.2, 0.25) is 0 Å². The zero-order valence-corrected chi connectivity index (χ0v) is 12.1. The Kier molecular flexibility index (Phi) is 3.36. The standard InChI is InChI=1S/C11H16N2O4S2/c1-11(6-7-18(14,15)8-11)13-19(16,17)10-5-3-2-4-9(10)12/h2-5,13H,6-8,12H2,1H3. The van der Waals surface area contributed by atoms with Crippen LogP contribution in [-0.4, -0.2) is 33.9 Å². The summed E-state index contributed by atoms with van der Waals surface area (Å²) in [6.45, 7) is 1.59. The Morgan fingerprint density at radius 3 is 2.47 bits per heavy atom. The molecule has 1 unspecified atom stereocenters. The van der Waals surface area contributed by atoms with Crippen LogP contribution in [0.4, 0.5) is 5.69 Å². The molecule has 0 spiro atoms. The minimum absolute atomic E-state index is 0.00368. The van der Waals surface area contributed by atoms with Gasteiger partial charge in [0.15, 0.2) is 9.84 Å². The van der Waals surface area contributed by atoms with Crippen LogP contribution in [0.1, 0.15) is 13.3 Å². The lowest BCUT2D eigenvalue weighted by Gasteiger charge is -2.23. The highest BCUT2D eigenvalue weighted by atomic mass is 32.2. The molecule has 2 rings (SSSR count). The minimum atomic E-state index is -3.82. The fraction of sp³-hybridized carbons (Fsp3) is 0.455. The quantitative estimate of drug-likeness (QED) is 0.772. The van der Waals surface area contributed by atoms with Gasteiger partial charge in [-0.25, -0.2) is 21.6 Å². The third-order valence-corrected chi connectivity index (χ3v) is 6.71. The van der Waals surface area contributed by atoms with Crippen molar-refractivity contribution in [2.45, 2.75) is 23.8 Å². The maximum Gasteiger partial charge on any atom is 0.243 e. The molecule has 0 aromatic heterocycles.